The van der Waals surface area contributed by atoms with Gasteiger partial charge in [-0.15, -0.1) is 0 Å². The molecule has 6 heteroatoms. The minimum atomic E-state index is 0.0751. The van der Waals surface area contributed by atoms with Crippen molar-refractivity contribution in [1.82, 2.24) is 5.32 Å². The van der Waals surface area contributed by atoms with E-state index in [9.17, 15) is 9.59 Å². The van der Waals surface area contributed by atoms with Crippen LogP contribution in [0.5, 0.6) is 0 Å². The lowest BCUT2D eigenvalue weighted by Gasteiger charge is -2.29. The first-order chi connectivity index (χ1) is 14.0. The predicted molar refractivity (Wildman–Crippen MR) is 115 cm³/mol. The zero-order valence-corrected chi connectivity index (χ0v) is 18.1. The maximum atomic E-state index is 12.5. The highest BCUT2D eigenvalue weighted by molar-refractivity contribution is 5.93. The van der Waals surface area contributed by atoms with E-state index >= 15 is 0 Å². The van der Waals surface area contributed by atoms with Crippen LogP contribution in [0.2, 0.25) is 0 Å². The van der Waals surface area contributed by atoms with Crippen molar-refractivity contribution >= 4 is 17.5 Å². The van der Waals surface area contributed by atoms with Gasteiger partial charge in [0.1, 0.15) is 26.2 Å². The lowest BCUT2D eigenvalue weighted by Crippen LogP contribution is -3.28. The van der Waals surface area contributed by atoms with Gasteiger partial charge in [0, 0.05) is 12.2 Å². The first-order valence-corrected chi connectivity index (χ1v) is 11.3. The number of benzene rings is 1. The fourth-order valence-electron chi connectivity index (χ4n) is 4.67. The molecule has 1 aromatic rings. The van der Waals surface area contributed by atoms with E-state index in [0.717, 1.165) is 49.5 Å². The molecular weight excluding hydrogens is 364 g/mol. The molecule has 1 saturated carbocycles. The fourth-order valence-corrected chi connectivity index (χ4v) is 4.67. The Kier molecular flexibility index (Phi) is 8.07. The van der Waals surface area contributed by atoms with E-state index in [-0.39, 0.29) is 11.8 Å². The Bertz CT molecular complexity index is 672. The minimum Gasteiger partial charge on any atom is -0.351 e. The van der Waals surface area contributed by atoms with Crippen molar-refractivity contribution in [2.45, 2.75) is 46.0 Å². The van der Waals surface area contributed by atoms with Crippen LogP contribution in [0.15, 0.2) is 18.2 Å². The molecule has 0 radical (unpaired) electrons. The van der Waals surface area contributed by atoms with Crippen molar-refractivity contribution < 1.29 is 19.4 Å². The van der Waals surface area contributed by atoms with Gasteiger partial charge in [-0.05, 0) is 43.7 Å². The molecule has 29 heavy (non-hydrogen) atoms. The van der Waals surface area contributed by atoms with E-state index < -0.39 is 0 Å². The van der Waals surface area contributed by atoms with Gasteiger partial charge in [0.25, 0.3) is 11.8 Å². The number of quaternary nitrogens is 2. The van der Waals surface area contributed by atoms with Crippen molar-refractivity contribution in [3.05, 3.63) is 29.3 Å². The third-order valence-corrected chi connectivity index (χ3v) is 6.54. The normalized spacial score (nSPS) is 22.8. The smallest absolute Gasteiger partial charge is 0.279 e. The lowest BCUT2D eigenvalue weighted by atomic mass is 9.89. The molecule has 2 fully saturated rings. The highest BCUT2D eigenvalue weighted by atomic mass is 16.2. The number of amides is 2. The molecule has 1 aliphatic carbocycles. The minimum absolute atomic E-state index is 0.0751. The summed E-state index contributed by atoms with van der Waals surface area (Å²) in [5.41, 5.74) is 3.14. The van der Waals surface area contributed by atoms with Crippen molar-refractivity contribution in [2.24, 2.45) is 5.92 Å². The van der Waals surface area contributed by atoms with Crippen molar-refractivity contribution in [2.75, 3.05) is 51.1 Å². The Morgan fingerprint density at radius 2 is 1.45 bits per heavy atom. The molecule has 2 amide bonds. The molecule has 160 valence electrons. The average Bonchev–Trinajstić information content (AvgIpc) is 2.72. The number of carbonyl (C=O) groups excluding carboxylic acids is 2. The average molecular weight is 403 g/mol. The summed E-state index contributed by atoms with van der Waals surface area (Å²) in [5, 5.41) is 6.24. The van der Waals surface area contributed by atoms with Crippen LogP contribution in [0.4, 0.5) is 5.69 Å². The van der Waals surface area contributed by atoms with Gasteiger partial charge < -0.3 is 20.4 Å². The van der Waals surface area contributed by atoms with E-state index in [2.05, 4.69) is 10.6 Å². The van der Waals surface area contributed by atoms with E-state index in [1.54, 1.807) is 0 Å². The predicted octanol–water partition coefficient (Wildman–Crippen LogP) is -0.278. The lowest BCUT2D eigenvalue weighted by molar-refractivity contribution is -1.00. The molecule has 0 aromatic heterocycles. The maximum Gasteiger partial charge on any atom is 0.279 e. The summed E-state index contributed by atoms with van der Waals surface area (Å²) in [7, 11) is 0. The quantitative estimate of drug-likeness (QED) is 0.507. The molecule has 4 N–H and O–H groups in total. The molecule has 0 atom stereocenters. The molecule has 0 spiro atoms. The fraction of sp³-hybridized carbons (Fsp3) is 0.652. The van der Waals surface area contributed by atoms with Crippen LogP contribution in [0.1, 0.15) is 43.2 Å². The van der Waals surface area contributed by atoms with Crippen LogP contribution < -0.4 is 20.4 Å². The summed E-state index contributed by atoms with van der Waals surface area (Å²) in [6, 6.07) is 6.06. The number of hydrogen-bond donors (Lipinski definition) is 4. The van der Waals surface area contributed by atoms with Gasteiger partial charge in [-0.3, -0.25) is 9.59 Å². The van der Waals surface area contributed by atoms with Crippen LogP contribution in [0.3, 0.4) is 0 Å². The number of piperazine rings is 1. The topological polar surface area (TPSA) is 67.1 Å². The van der Waals surface area contributed by atoms with Gasteiger partial charge in [0.15, 0.2) is 13.1 Å². The number of para-hydroxylation sites is 1. The second kappa shape index (κ2) is 10.7. The van der Waals surface area contributed by atoms with Crippen LogP contribution >= 0.6 is 0 Å². The standard InChI is InChI=1S/C23H36N4O2/c1-18-7-6-8-19(2)23(18)25-22(29)17-27-13-11-26(12-14-27)16-21(28)24-15-20-9-4-3-5-10-20/h6-8,20H,3-5,9-17H2,1-2H3,(H,24,28)(H,25,29)/p+2. The summed E-state index contributed by atoms with van der Waals surface area (Å²) in [5.74, 6) is 0.937. The molecule has 1 saturated heterocycles. The Hall–Kier alpha value is -1.92. The number of nitrogens with one attached hydrogen (secondary N) is 4. The number of hydrogen-bond acceptors (Lipinski definition) is 2. The van der Waals surface area contributed by atoms with E-state index in [1.807, 2.05) is 32.0 Å². The summed E-state index contributed by atoms with van der Waals surface area (Å²) in [6.45, 7) is 9.72. The molecule has 3 rings (SSSR count). The van der Waals surface area contributed by atoms with Crippen LogP contribution in [-0.2, 0) is 9.59 Å². The maximum absolute atomic E-state index is 12.5. The van der Waals surface area contributed by atoms with Gasteiger partial charge in [0.2, 0.25) is 0 Å². The Morgan fingerprint density at radius 1 is 0.897 bits per heavy atom. The Morgan fingerprint density at radius 3 is 2.03 bits per heavy atom. The van der Waals surface area contributed by atoms with Gasteiger partial charge in [-0.2, -0.15) is 0 Å². The Balaban J connectivity index is 1.34. The SMILES string of the molecule is Cc1cccc(C)c1NC(=O)C[NH+]1CC[NH+](CC(=O)NCC2CCCCC2)CC1. The van der Waals surface area contributed by atoms with Gasteiger partial charge in [0.05, 0.1) is 0 Å². The summed E-state index contributed by atoms with van der Waals surface area (Å²) >= 11 is 0. The molecule has 0 bridgehead atoms. The van der Waals surface area contributed by atoms with Crippen molar-refractivity contribution in [3.8, 4) is 0 Å². The Labute approximate surface area is 175 Å². The van der Waals surface area contributed by atoms with Crippen LogP contribution in [-0.4, -0.2) is 57.6 Å². The van der Waals surface area contributed by atoms with Gasteiger partial charge in [-0.1, -0.05) is 37.5 Å². The van der Waals surface area contributed by atoms with Crippen LogP contribution in [0, 0.1) is 19.8 Å². The first-order valence-electron chi connectivity index (χ1n) is 11.3. The zero-order valence-electron chi connectivity index (χ0n) is 18.1. The largest absolute Gasteiger partial charge is 0.351 e. The molecule has 2 aliphatic rings. The molecule has 1 heterocycles. The first kappa shape index (κ1) is 21.8. The second-order valence-corrected chi connectivity index (χ2v) is 8.98. The molecule has 1 aromatic carbocycles. The molecule has 0 unspecified atom stereocenters. The highest BCUT2D eigenvalue weighted by Gasteiger charge is 2.26. The van der Waals surface area contributed by atoms with E-state index in [1.165, 1.54) is 41.9 Å². The molecule has 1 aliphatic heterocycles. The number of anilines is 1. The monoisotopic (exact) mass is 402 g/mol. The molecule has 6 nitrogen and oxygen atoms in total. The van der Waals surface area contributed by atoms with Gasteiger partial charge >= 0.3 is 0 Å². The number of rotatable bonds is 7. The summed E-state index contributed by atoms with van der Waals surface area (Å²) < 4.78 is 0. The van der Waals surface area contributed by atoms with Crippen molar-refractivity contribution in [1.29, 1.82) is 0 Å². The molecular formula is C23H38N4O2+2. The van der Waals surface area contributed by atoms with E-state index in [0.29, 0.717) is 19.0 Å². The van der Waals surface area contributed by atoms with Crippen molar-refractivity contribution in [3.63, 3.8) is 0 Å². The summed E-state index contributed by atoms with van der Waals surface area (Å²) in [4.78, 5) is 27.4. The van der Waals surface area contributed by atoms with Crippen LogP contribution in [0.25, 0.3) is 0 Å². The highest BCUT2D eigenvalue weighted by Crippen LogP contribution is 2.22. The third kappa shape index (κ3) is 6.82. The third-order valence-electron chi connectivity index (χ3n) is 6.54. The second-order valence-electron chi connectivity index (χ2n) is 8.98. The zero-order chi connectivity index (χ0) is 20.6. The number of carbonyl (C=O) groups is 2. The summed E-state index contributed by atoms with van der Waals surface area (Å²) in [6.07, 6.45) is 6.50. The van der Waals surface area contributed by atoms with E-state index in [4.69, 9.17) is 0 Å². The number of aryl methyl sites for hydroxylation is 2. The van der Waals surface area contributed by atoms with Gasteiger partial charge in [-0.25, -0.2) is 0 Å².